The van der Waals surface area contributed by atoms with Crippen LogP contribution in [0.5, 0.6) is 0 Å². The molecule has 1 saturated heterocycles. The molecular formula is C28H37Cl2N7O. The van der Waals surface area contributed by atoms with E-state index < -0.39 is 0 Å². The van der Waals surface area contributed by atoms with E-state index >= 15 is 0 Å². The maximum Gasteiger partial charge on any atom is 0.229 e. The molecule has 0 unspecified atom stereocenters. The Hall–Kier alpha value is -3.33. The molecule has 10 heteroatoms. The van der Waals surface area contributed by atoms with Crippen LogP contribution in [0.15, 0.2) is 61.3 Å². The Labute approximate surface area is 236 Å². The largest absolute Gasteiger partial charge is 0.368 e. The molecule has 0 radical (unpaired) electrons. The van der Waals surface area contributed by atoms with Crippen LogP contribution >= 0.6 is 23.2 Å². The minimum Gasteiger partial charge on any atom is -0.368 e. The van der Waals surface area contributed by atoms with E-state index in [1.807, 2.05) is 63.2 Å². The Morgan fingerprint density at radius 1 is 1.03 bits per heavy atom. The van der Waals surface area contributed by atoms with Crippen molar-refractivity contribution in [2.45, 2.75) is 27.3 Å². The molecule has 2 aromatic carbocycles. The first-order chi connectivity index (χ1) is 18.4. The molecule has 0 spiro atoms. The summed E-state index contributed by atoms with van der Waals surface area (Å²) >= 11 is 12.9. The third-order valence-corrected chi connectivity index (χ3v) is 5.98. The molecule has 2 heterocycles. The Morgan fingerprint density at radius 2 is 1.74 bits per heavy atom. The summed E-state index contributed by atoms with van der Waals surface area (Å²) in [5.41, 5.74) is 3.51. The topological polar surface area (TPSA) is 85.4 Å². The number of amides is 1. The van der Waals surface area contributed by atoms with Gasteiger partial charge in [0.25, 0.3) is 0 Å². The highest BCUT2D eigenvalue weighted by Crippen LogP contribution is 2.31. The molecule has 1 fully saturated rings. The molecule has 0 atom stereocenters. The second-order valence-electron chi connectivity index (χ2n) is 8.20. The maximum atomic E-state index is 10.6. The lowest BCUT2D eigenvalue weighted by atomic mass is 10.2. The first kappa shape index (κ1) is 30.9. The van der Waals surface area contributed by atoms with Crippen molar-refractivity contribution >= 4 is 58.4 Å². The molecule has 4 rings (SSSR count). The third-order valence-electron chi connectivity index (χ3n) is 5.40. The lowest BCUT2D eigenvalue weighted by Gasteiger charge is -2.34. The number of likely N-dealkylation sites (N-methyl/N-ethyl adjacent to an activating group) is 1. The molecule has 1 aromatic heterocycles. The van der Waals surface area contributed by atoms with Gasteiger partial charge in [-0.1, -0.05) is 55.3 Å². The van der Waals surface area contributed by atoms with Crippen molar-refractivity contribution < 1.29 is 4.79 Å². The van der Waals surface area contributed by atoms with E-state index in [4.69, 9.17) is 23.2 Å². The lowest BCUT2D eigenvalue weighted by Crippen LogP contribution is -2.44. The molecule has 1 aliphatic rings. The van der Waals surface area contributed by atoms with Crippen LogP contribution in [-0.2, 0) is 11.3 Å². The van der Waals surface area contributed by atoms with Gasteiger partial charge in [0.15, 0.2) is 5.82 Å². The monoisotopic (exact) mass is 557 g/mol. The standard InChI is InChI=1S/C23H25Cl2N7O.C3H6.C2H6/c1-31-7-9-32(10-8-31)21-6-5-18(12-19(21)24)29-23-27-14-20(25)22(30-23)26-13-16-3-2-4-17(11-16)28-15-33;1-3-2;1-2/h2-6,11-12,14-15H,7-10,13H2,1H3,(H,28,33)(H2,26,27,29,30);3H,1H2,2H3;1-2H3. The normalized spacial score (nSPS) is 12.7. The molecule has 8 nitrogen and oxygen atoms in total. The summed E-state index contributed by atoms with van der Waals surface area (Å²) < 4.78 is 0. The van der Waals surface area contributed by atoms with E-state index in [1.54, 1.807) is 12.3 Å². The number of rotatable bonds is 8. The van der Waals surface area contributed by atoms with Gasteiger partial charge in [0.1, 0.15) is 5.02 Å². The van der Waals surface area contributed by atoms with Crippen molar-refractivity contribution in [3.63, 3.8) is 0 Å². The van der Waals surface area contributed by atoms with Crippen molar-refractivity contribution in [3.05, 3.63) is 76.9 Å². The van der Waals surface area contributed by atoms with Gasteiger partial charge in [0.05, 0.1) is 16.9 Å². The zero-order valence-electron chi connectivity index (χ0n) is 22.5. The van der Waals surface area contributed by atoms with E-state index in [0.29, 0.717) is 34.8 Å². The number of benzene rings is 2. The van der Waals surface area contributed by atoms with Crippen molar-refractivity contribution in [1.82, 2.24) is 14.9 Å². The van der Waals surface area contributed by atoms with Crippen molar-refractivity contribution in [2.75, 3.05) is 54.1 Å². The van der Waals surface area contributed by atoms with Crippen LogP contribution in [0.25, 0.3) is 0 Å². The van der Waals surface area contributed by atoms with Gasteiger partial charge in [-0.15, -0.1) is 6.58 Å². The lowest BCUT2D eigenvalue weighted by molar-refractivity contribution is -0.105. The fourth-order valence-corrected chi connectivity index (χ4v) is 4.05. The highest BCUT2D eigenvalue weighted by molar-refractivity contribution is 6.33. The predicted octanol–water partition coefficient (Wildman–Crippen LogP) is 6.68. The van der Waals surface area contributed by atoms with Crippen LogP contribution in [0, 0.1) is 0 Å². The summed E-state index contributed by atoms with van der Waals surface area (Å²) in [6.07, 6.45) is 3.94. The number of carbonyl (C=O) groups is 1. The van der Waals surface area contributed by atoms with E-state index in [1.165, 1.54) is 0 Å². The number of allylic oxidation sites excluding steroid dienone is 1. The maximum absolute atomic E-state index is 10.6. The average Bonchev–Trinajstić information content (AvgIpc) is 2.92. The molecule has 0 saturated carbocycles. The number of anilines is 5. The number of carbonyl (C=O) groups excluding carboxylic acids is 1. The first-order valence-corrected chi connectivity index (χ1v) is 13.3. The van der Waals surface area contributed by atoms with Crippen LogP contribution in [0.2, 0.25) is 10.0 Å². The number of piperazine rings is 1. The highest BCUT2D eigenvalue weighted by Gasteiger charge is 2.17. The Balaban J connectivity index is 0.000000947. The number of hydrogen-bond acceptors (Lipinski definition) is 7. The number of nitrogens with one attached hydrogen (secondary N) is 3. The summed E-state index contributed by atoms with van der Waals surface area (Å²) in [4.78, 5) is 24.0. The van der Waals surface area contributed by atoms with Crippen molar-refractivity contribution in [2.24, 2.45) is 0 Å². The van der Waals surface area contributed by atoms with Gasteiger partial charge in [-0.3, -0.25) is 4.79 Å². The number of halogens is 2. The second-order valence-corrected chi connectivity index (χ2v) is 9.01. The molecular weight excluding hydrogens is 521 g/mol. The van der Waals surface area contributed by atoms with Crippen LogP contribution in [0.1, 0.15) is 26.3 Å². The Morgan fingerprint density at radius 3 is 2.39 bits per heavy atom. The van der Waals surface area contributed by atoms with Crippen LogP contribution in [0.4, 0.5) is 28.8 Å². The fraction of sp³-hybridized carbons (Fsp3) is 0.321. The van der Waals surface area contributed by atoms with Gasteiger partial charge in [0.2, 0.25) is 12.4 Å². The third kappa shape index (κ3) is 9.52. The minimum atomic E-state index is 0.404. The average molecular weight is 559 g/mol. The molecule has 3 N–H and O–H groups in total. The van der Waals surface area contributed by atoms with Gasteiger partial charge >= 0.3 is 0 Å². The number of nitrogens with zero attached hydrogens (tertiary/aromatic N) is 4. The van der Waals surface area contributed by atoms with E-state index in [0.717, 1.165) is 48.8 Å². The van der Waals surface area contributed by atoms with Crippen molar-refractivity contribution in [3.8, 4) is 0 Å². The molecule has 0 aliphatic carbocycles. The van der Waals surface area contributed by atoms with Gasteiger partial charge < -0.3 is 25.8 Å². The summed E-state index contributed by atoms with van der Waals surface area (Å²) in [5, 5.41) is 10.1. The van der Waals surface area contributed by atoms with Gasteiger partial charge in [-0.25, -0.2) is 4.98 Å². The van der Waals surface area contributed by atoms with Crippen LogP contribution < -0.4 is 20.9 Å². The fourth-order valence-electron chi connectivity index (χ4n) is 3.59. The zero-order valence-corrected chi connectivity index (χ0v) is 24.0. The van der Waals surface area contributed by atoms with E-state index in [2.05, 4.69) is 49.3 Å². The Kier molecular flexibility index (Phi) is 13.4. The number of aromatic nitrogens is 2. The summed E-state index contributed by atoms with van der Waals surface area (Å²) in [6.45, 7) is 13.7. The van der Waals surface area contributed by atoms with Crippen LogP contribution in [0.3, 0.4) is 0 Å². The molecule has 1 amide bonds. The van der Waals surface area contributed by atoms with Crippen molar-refractivity contribution in [1.29, 1.82) is 0 Å². The SMILES string of the molecule is C=CC.CC.CN1CCN(c2ccc(Nc3ncc(Cl)c(NCc4cccc(NC=O)c4)n3)cc2Cl)CC1. The molecule has 3 aromatic rings. The second kappa shape index (κ2) is 16.5. The smallest absolute Gasteiger partial charge is 0.229 e. The molecule has 0 bridgehead atoms. The summed E-state index contributed by atoms with van der Waals surface area (Å²) in [7, 11) is 2.13. The molecule has 204 valence electrons. The molecule has 38 heavy (non-hydrogen) atoms. The summed E-state index contributed by atoms with van der Waals surface area (Å²) in [5.74, 6) is 0.907. The van der Waals surface area contributed by atoms with Crippen LogP contribution in [-0.4, -0.2) is 54.5 Å². The predicted molar refractivity (Wildman–Crippen MR) is 162 cm³/mol. The molecule has 1 aliphatic heterocycles. The summed E-state index contributed by atoms with van der Waals surface area (Å²) in [6, 6.07) is 13.4. The quantitative estimate of drug-likeness (QED) is 0.210. The van der Waals surface area contributed by atoms with E-state index in [9.17, 15) is 4.79 Å². The Bertz CT molecular complexity index is 1170. The van der Waals surface area contributed by atoms with Gasteiger partial charge in [-0.2, -0.15) is 4.98 Å². The van der Waals surface area contributed by atoms with Gasteiger partial charge in [0, 0.05) is 44.1 Å². The first-order valence-electron chi connectivity index (χ1n) is 12.6. The van der Waals surface area contributed by atoms with E-state index in [-0.39, 0.29) is 0 Å². The highest BCUT2D eigenvalue weighted by atomic mass is 35.5. The minimum absolute atomic E-state index is 0.404. The number of hydrogen-bond donors (Lipinski definition) is 3. The zero-order chi connectivity index (χ0) is 27.9. The van der Waals surface area contributed by atoms with Gasteiger partial charge in [-0.05, 0) is 49.9 Å².